The highest BCUT2D eigenvalue weighted by molar-refractivity contribution is 6.33. The van der Waals surface area contributed by atoms with Crippen LogP contribution in [0.25, 0.3) is 11.4 Å². The lowest BCUT2D eigenvalue weighted by Crippen LogP contribution is -2.01. The minimum atomic E-state index is -2.91. The Labute approximate surface area is 116 Å². The van der Waals surface area contributed by atoms with E-state index in [2.05, 4.69) is 14.7 Å². The summed E-state index contributed by atoms with van der Waals surface area (Å²) in [6, 6.07) is 5.46. The number of rotatable bonds is 3. The molecule has 0 saturated carbocycles. The monoisotopic (exact) mass is 308 g/mol. The van der Waals surface area contributed by atoms with Crippen LogP contribution in [0.1, 0.15) is 0 Å². The Bertz CT molecular complexity index is 570. The van der Waals surface area contributed by atoms with Gasteiger partial charge in [0, 0.05) is 5.56 Å². The minimum Gasteiger partial charge on any atom is -0.435 e. The van der Waals surface area contributed by atoms with Crippen LogP contribution in [0.5, 0.6) is 5.75 Å². The van der Waals surface area contributed by atoms with Crippen LogP contribution in [-0.2, 0) is 0 Å². The van der Waals surface area contributed by atoms with E-state index in [9.17, 15) is 13.2 Å². The van der Waals surface area contributed by atoms with Crippen molar-refractivity contribution in [3.8, 4) is 17.1 Å². The number of aromatic nitrogens is 2. The zero-order valence-corrected chi connectivity index (χ0v) is 10.6. The normalized spacial score (nSPS) is 10.8. The summed E-state index contributed by atoms with van der Waals surface area (Å²) in [5, 5.41) is -0.828. The van der Waals surface area contributed by atoms with Crippen LogP contribution in [0.15, 0.2) is 24.3 Å². The molecule has 0 saturated heterocycles. The topological polar surface area (TPSA) is 35.0 Å². The molecule has 0 aliphatic heterocycles. The molecule has 3 nitrogen and oxygen atoms in total. The number of hydrogen-bond acceptors (Lipinski definition) is 3. The van der Waals surface area contributed by atoms with E-state index < -0.39 is 22.7 Å². The van der Waals surface area contributed by atoms with Crippen molar-refractivity contribution >= 4 is 23.2 Å². The van der Waals surface area contributed by atoms with Gasteiger partial charge in [-0.25, -0.2) is 14.4 Å². The van der Waals surface area contributed by atoms with Gasteiger partial charge in [0.25, 0.3) is 0 Å². The fourth-order valence-electron chi connectivity index (χ4n) is 1.31. The van der Waals surface area contributed by atoms with Gasteiger partial charge >= 0.3 is 6.61 Å². The van der Waals surface area contributed by atoms with E-state index in [-0.39, 0.29) is 11.6 Å². The van der Waals surface area contributed by atoms with Gasteiger partial charge in [-0.05, 0) is 24.3 Å². The van der Waals surface area contributed by atoms with Gasteiger partial charge in [0.2, 0.25) is 0 Å². The zero-order chi connectivity index (χ0) is 14.0. The summed E-state index contributed by atoms with van der Waals surface area (Å²) in [6.07, 6.45) is 0. The molecule has 1 heterocycles. The van der Waals surface area contributed by atoms with Crippen molar-refractivity contribution < 1.29 is 17.9 Å². The van der Waals surface area contributed by atoms with E-state index in [0.29, 0.717) is 5.56 Å². The lowest BCUT2D eigenvalue weighted by Gasteiger charge is -2.06. The van der Waals surface area contributed by atoms with E-state index in [4.69, 9.17) is 23.2 Å². The van der Waals surface area contributed by atoms with Gasteiger partial charge in [0.1, 0.15) is 5.75 Å². The molecular formula is C11H5Cl2F3N2O. The summed E-state index contributed by atoms with van der Waals surface area (Å²) in [7, 11) is 0. The van der Waals surface area contributed by atoms with Crippen LogP contribution in [0.4, 0.5) is 13.2 Å². The second-order valence-corrected chi connectivity index (χ2v) is 4.06. The van der Waals surface area contributed by atoms with Gasteiger partial charge in [-0.3, -0.25) is 0 Å². The van der Waals surface area contributed by atoms with Crippen molar-refractivity contribution in [1.29, 1.82) is 0 Å². The average Bonchev–Trinajstić information content (AvgIpc) is 2.35. The summed E-state index contributed by atoms with van der Waals surface area (Å²) < 4.78 is 41.3. The number of hydrogen-bond donors (Lipinski definition) is 0. The summed E-state index contributed by atoms with van der Waals surface area (Å²) in [5.41, 5.74) is 0.436. The first-order valence-electron chi connectivity index (χ1n) is 4.91. The van der Waals surface area contributed by atoms with Crippen molar-refractivity contribution in [1.82, 2.24) is 9.97 Å². The molecule has 100 valence electrons. The molecule has 0 atom stereocenters. The lowest BCUT2D eigenvalue weighted by molar-refractivity contribution is -0.0498. The minimum absolute atomic E-state index is 0.0157. The molecular weight excluding hydrogens is 304 g/mol. The fraction of sp³-hybridized carbons (Fsp3) is 0.0909. The SMILES string of the molecule is Fc1c(Cl)nc(-c2ccc(OC(F)F)cc2)nc1Cl. The van der Waals surface area contributed by atoms with Gasteiger partial charge in [-0.1, -0.05) is 23.2 Å². The van der Waals surface area contributed by atoms with Crippen LogP contribution >= 0.6 is 23.2 Å². The Balaban J connectivity index is 2.32. The van der Waals surface area contributed by atoms with E-state index in [1.54, 1.807) is 0 Å². The van der Waals surface area contributed by atoms with Crippen LogP contribution in [0, 0.1) is 5.82 Å². The summed E-state index contributed by atoms with van der Waals surface area (Å²) in [4.78, 5) is 7.40. The molecule has 19 heavy (non-hydrogen) atoms. The first kappa shape index (κ1) is 13.9. The number of nitrogens with zero attached hydrogens (tertiary/aromatic N) is 2. The fourth-order valence-corrected chi connectivity index (χ4v) is 1.70. The van der Waals surface area contributed by atoms with Crippen molar-refractivity contribution in [3.05, 3.63) is 40.4 Å². The highest BCUT2D eigenvalue weighted by Gasteiger charge is 2.12. The van der Waals surface area contributed by atoms with Crippen molar-refractivity contribution in [2.24, 2.45) is 0 Å². The summed E-state index contributed by atoms with van der Waals surface area (Å²) in [6.45, 7) is -2.91. The molecule has 0 bridgehead atoms. The third-order valence-electron chi connectivity index (χ3n) is 2.11. The van der Waals surface area contributed by atoms with Crippen LogP contribution in [0.3, 0.4) is 0 Å². The molecule has 0 spiro atoms. The third kappa shape index (κ3) is 3.27. The van der Waals surface area contributed by atoms with E-state index >= 15 is 0 Å². The molecule has 0 unspecified atom stereocenters. The maximum absolute atomic E-state index is 13.1. The molecule has 0 radical (unpaired) electrons. The second kappa shape index (κ2) is 5.63. The standard InChI is InChI=1S/C11H5Cl2F3N2O/c12-8-7(14)9(13)18-10(17-8)5-1-3-6(4-2-5)19-11(15)16/h1-4,11H. The maximum atomic E-state index is 13.1. The van der Waals surface area contributed by atoms with Crippen LogP contribution < -0.4 is 4.74 Å². The molecule has 1 aromatic heterocycles. The number of halogens is 5. The predicted octanol–water partition coefficient (Wildman–Crippen LogP) is 4.19. The second-order valence-electron chi connectivity index (χ2n) is 3.35. The Morgan fingerprint density at radius 3 is 2.00 bits per heavy atom. The van der Waals surface area contributed by atoms with Gasteiger partial charge < -0.3 is 4.74 Å². The van der Waals surface area contributed by atoms with Crippen molar-refractivity contribution in [2.75, 3.05) is 0 Å². The first-order chi connectivity index (χ1) is 8.97. The van der Waals surface area contributed by atoms with Crippen LogP contribution in [-0.4, -0.2) is 16.6 Å². The number of benzene rings is 1. The number of alkyl halides is 2. The molecule has 8 heteroatoms. The molecule has 0 amide bonds. The molecule has 0 fully saturated rings. The average molecular weight is 309 g/mol. The summed E-state index contributed by atoms with van der Waals surface area (Å²) in [5.74, 6) is -0.845. The van der Waals surface area contributed by atoms with Crippen LogP contribution in [0.2, 0.25) is 10.3 Å². The van der Waals surface area contributed by atoms with E-state index in [1.165, 1.54) is 24.3 Å². The molecule has 0 N–H and O–H groups in total. The van der Waals surface area contributed by atoms with Gasteiger partial charge in [-0.15, -0.1) is 0 Å². The Kier molecular flexibility index (Phi) is 4.11. The smallest absolute Gasteiger partial charge is 0.387 e. The third-order valence-corrected chi connectivity index (χ3v) is 2.61. The Hall–Kier alpha value is -1.53. The van der Waals surface area contributed by atoms with Gasteiger partial charge in [-0.2, -0.15) is 8.78 Å². The molecule has 2 aromatic rings. The van der Waals surface area contributed by atoms with E-state index in [1.807, 2.05) is 0 Å². The Morgan fingerprint density at radius 1 is 1.00 bits per heavy atom. The Morgan fingerprint density at radius 2 is 1.53 bits per heavy atom. The molecule has 0 aliphatic carbocycles. The zero-order valence-electron chi connectivity index (χ0n) is 9.08. The largest absolute Gasteiger partial charge is 0.435 e. The van der Waals surface area contributed by atoms with Gasteiger partial charge in [0.15, 0.2) is 21.9 Å². The number of ether oxygens (including phenoxy) is 1. The first-order valence-corrected chi connectivity index (χ1v) is 5.66. The molecule has 2 rings (SSSR count). The maximum Gasteiger partial charge on any atom is 0.387 e. The van der Waals surface area contributed by atoms with Crippen molar-refractivity contribution in [2.45, 2.75) is 6.61 Å². The molecule has 0 aliphatic rings. The molecule has 1 aromatic carbocycles. The van der Waals surface area contributed by atoms with Crippen molar-refractivity contribution in [3.63, 3.8) is 0 Å². The predicted molar refractivity (Wildman–Crippen MR) is 64.1 cm³/mol. The van der Waals surface area contributed by atoms with Gasteiger partial charge in [0.05, 0.1) is 0 Å². The summed E-state index contributed by atoms with van der Waals surface area (Å²) >= 11 is 11.1. The quantitative estimate of drug-likeness (QED) is 0.797. The highest BCUT2D eigenvalue weighted by atomic mass is 35.5. The van der Waals surface area contributed by atoms with E-state index in [0.717, 1.165) is 0 Å². The lowest BCUT2D eigenvalue weighted by atomic mass is 10.2. The highest BCUT2D eigenvalue weighted by Crippen LogP contribution is 2.25.